The van der Waals surface area contributed by atoms with Crippen LogP contribution in [-0.4, -0.2) is 33.8 Å². The van der Waals surface area contributed by atoms with E-state index in [-0.39, 0.29) is 0 Å². The Kier molecular flexibility index (Phi) is 2.48. The lowest BCUT2D eigenvalue weighted by Crippen LogP contribution is -2.62. The number of aliphatic hydroxyl groups is 1. The Morgan fingerprint density at radius 1 is 1.22 bits per heavy atom. The van der Waals surface area contributed by atoms with E-state index in [2.05, 4.69) is 14.9 Å². The zero-order valence-electron chi connectivity index (χ0n) is 10.7. The fourth-order valence-electron chi connectivity index (χ4n) is 2.42. The van der Waals surface area contributed by atoms with Gasteiger partial charge < -0.3 is 10.0 Å². The van der Waals surface area contributed by atoms with E-state index >= 15 is 0 Å². The van der Waals surface area contributed by atoms with Gasteiger partial charge in [0.1, 0.15) is 0 Å². The molecule has 4 heteroatoms. The molecule has 0 unspecified atom stereocenters. The number of hydrogen-bond donors (Lipinski definition) is 1. The maximum absolute atomic E-state index is 10.1. The van der Waals surface area contributed by atoms with Gasteiger partial charge in [0, 0.05) is 0 Å². The number of hydrogen-bond acceptors (Lipinski definition) is 4. The van der Waals surface area contributed by atoms with Gasteiger partial charge in [0.2, 0.25) is 0 Å². The Hall–Kier alpha value is -1.68. The van der Waals surface area contributed by atoms with Crippen LogP contribution in [0.1, 0.15) is 19.0 Å². The minimum absolute atomic E-state index is 0.542. The Balaban J connectivity index is 1.96. The van der Waals surface area contributed by atoms with Crippen LogP contribution >= 0.6 is 0 Å². The van der Waals surface area contributed by atoms with Gasteiger partial charge in [-0.25, -0.2) is 9.97 Å². The Morgan fingerprint density at radius 2 is 1.83 bits per heavy atom. The number of aryl methyl sites for hydroxylation is 1. The number of nitrogens with zero attached hydrogens (tertiary/aromatic N) is 3. The van der Waals surface area contributed by atoms with Crippen molar-refractivity contribution in [2.75, 3.05) is 18.0 Å². The molecule has 2 heterocycles. The molecule has 3 rings (SSSR count). The monoisotopic (exact) mass is 243 g/mol. The summed E-state index contributed by atoms with van der Waals surface area (Å²) < 4.78 is 0. The number of β-amino-alcohol motifs (C(OH)–C–C–N with tert-alkyl or cyclic N) is 1. The second-order valence-electron chi connectivity index (χ2n) is 5.06. The summed E-state index contributed by atoms with van der Waals surface area (Å²) in [4.78, 5) is 11.3. The van der Waals surface area contributed by atoms with Crippen molar-refractivity contribution in [2.24, 2.45) is 0 Å². The predicted octanol–water partition coefficient (Wildman–Crippen LogP) is 1.90. The minimum atomic E-state index is -0.542. The largest absolute Gasteiger partial charge is 0.386 e. The van der Waals surface area contributed by atoms with Crippen molar-refractivity contribution in [3.63, 3.8) is 0 Å². The van der Waals surface area contributed by atoms with E-state index in [1.54, 1.807) is 0 Å². The SMILES string of the molecule is CCC1(O)CN(c2nc3ccccc3nc2C)C1. The summed E-state index contributed by atoms with van der Waals surface area (Å²) in [7, 11) is 0. The molecule has 1 aliphatic heterocycles. The van der Waals surface area contributed by atoms with E-state index < -0.39 is 5.60 Å². The molecule has 94 valence electrons. The standard InChI is InChI=1S/C14H17N3O/c1-3-14(18)8-17(9-14)13-10(2)15-11-6-4-5-7-12(11)16-13/h4-7,18H,3,8-9H2,1-2H3. The van der Waals surface area contributed by atoms with Crippen LogP contribution in [0.5, 0.6) is 0 Å². The Bertz CT molecular complexity index is 591. The lowest BCUT2D eigenvalue weighted by atomic mass is 9.91. The van der Waals surface area contributed by atoms with Crippen LogP contribution in [0.2, 0.25) is 0 Å². The Morgan fingerprint density at radius 3 is 2.44 bits per heavy atom. The highest BCUT2D eigenvalue weighted by Crippen LogP contribution is 2.30. The molecular formula is C14H17N3O. The number of fused-ring (bicyclic) bond motifs is 1. The van der Waals surface area contributed by atoms with Crippen LogP contribution in [0.15, 0.2) is 24.3 Å². The molecule has 0 radical (unpaired) electrons. The van der Waals surface area contributed by atoms with E-state index in [0.29, 0.717) is 13.1 Å². The first-order valence-corrected chi connectivity index (χ1v) is 6.32. The first kappa shape index (κ1) is 11.4. The average molecular weight is 243 g/mol. The zero-order chi connectivity index (χ0) is 12.8. The van der Waals surface area contributed by atoms with Gasteiger partial charge in [-0.15, -0.1) is 0 Å². The van der Waals surface area contributed by atoms with E-state index in [4.69, 9.17) is 0 Å². The average Bonchev–Trinajstić information content (AvgIpc) is 2.34. The second-order valence-corrected chi connectivity index (χ2v) is 5.06. The molecule has 0 atom stereocenters. The maximum atomic E-state index is 10.1. The molecule has 1 N–H and O–H groups in total. The molecule has 18 heavy (non-hydrogen) atoms. The van der Waals surface area contributed by atoms with Gasteiger partial charge in [-0.1, -0.05) is 19.1 Å². The topological polar surface area (TPSA) is 49.2 Å². The molecular weight excluding hydrogens is 226 g/mol. The van der Waals surface area contributed by atoms with Gasteiger partial charge in [0.15, 0.2) is 5.82 Å². The minimum Gasteiger partial charge on any atom is -0.386 e. The highest BCUT2D eigenvalue weighted by Gasteiger charge is 2.40. The smallest absolute Gasteiger partial charge is 0.151 e. The number of anilines is 1. The third-order valence-corrected chi connectivity index (χ3v) is 3.65. The lowest BCUT2D eigenvalue weighted by Gasteiger charge is -2.47. The van der Waals surface area contributed by atoms with Gasteiger partial charge >= 0.3 is 0 Å². The van der Waals surface area contributed by atoms with Gasteiger partial charge in [-0.2, -0.15) is 0 Å². The molecule has 1 aliphatic rings. The second kappa shape index (κ2) is 3.92. The molecule has 1 saturated heterocycles. The fourth-order valence-corrected chi connectivity index (χ4v) is 2.42. The van der Waals surface area contributed by atoms with E-state index in [9.17, 15) is 5.11 Å². The molecule has 0 amide bonds. The number of para-hydroxylation sites is 2. The van der Waals surface area contributed by atoms with Crippen LogP contribution in [0.3, 0.4) is 0 Å². The highest BCUT2D eigenvalue weighted by atomic mass is 16.3. The molecule has 1 aromatic carbocycles. The summed E-state index contributed by atoms with van der Waals surface area (Å²) in [6.45, 7) is 5.28. The van der Waals surface area contributed by atoms with Crippen LogP contribution in [0.25, 0.3) is 11.0 Å². The summed E-state index contributed by atoms with van der Waals surface area (Å²) in [6, 6.07) is 7.87. The maximum Gasteiger partial charge on any atom is 0.151 e. The van der Waals surface area contributed by atoms with E-state index in [1.807, 2.05) is 38.1 Å². The van der Waals surface area contributed by atoms with Crippen LogP contribution in [0.4, 0.5) is 5.82 Å². The number of benzene rings is 1. The zero-order valence-corrected chi connectivity index (χ0v) is 10.7. The van der Waals surface area contributed by atoms with Crippen molar-refractivity contribution >= 4 is 16.9 Å². The summed E-state index contributed by atoms with van der Waals surface area (Å²) in [5.41, 5.74) is 2.21. The molecule has 2 aromatic rings. The van der Waals surface area contributed by atoms with Crippen LogP contribution < -0.4 is 4.90 Å². The fraction of sp³-hybridized carbons (Fsp3) is 0.429. The highest BCUT2D eigenvalue weighted by molar-refractivity contribution is 5.76. The third-order valence-electron chi connectivity index (χ3n) is 3.65. The molecule has 0 spiro atoms. The van der Waals surface area contributed by atoms with Crippen molar-refractivity contribution < 1.29 is 5.11 Å². The van der Waals surface area contributed by atoms with E-state index in [1.165, 1.54) is 0 Å². The van der Waals surface area contributed by atoms with Crippen molar-refractivity contribution in [3.05, 3.63) is 30.0 Å². The molecule has 1 aromatic heterocycles. The normalized spacial score (nSPS) is 17.8. The molecule has 1 fully saturated rings. The van der Waals surface area contributed by atoms with Crippen molar-refractivity contribution in [1.29, 1.82) is 0 Å². The van der Waals surface area contributed by atoms with Crippen LogP contribution in [0, 0.1) is 6.92 Å². The molecule has 0 saturated carbocycles. The van der Waals surface area contributed by atoms with Crippen LogP contribution in [-0.2, 0) is 0 Å². The molecule has 4 nitrogen and oxygen atoms in total. The Labute approximate surface area is 106 Å². The van der Waals surface area contributed by atoms with E-state index in [0.717, 1.165) is 29.0 Å². The first-order valence-electron chi connectivity index (χ1n) is 6.32. The summed E-state index contributed by atoms with van der Waals surface area (Å²) in [6.07, 6.45) is 0.781. The molecule has 0 bridgehead atoms. The van der Waals surface area contributed by atoms with Gasteiger partial charge in [0.05, 0.1) is 35.4 Å². The third kappa shape index (κ3) is 1.73. The van der Waals surface area contributed by atoms with Crippen molar-refractivity contribution in [1.82, 2.24) is 9.97 Å². The summed E-state index contributed by atoms with van der Waals surface area (Å²) in [5, 5.41) is 10.1. The summed E-state index contributed by atoms with van der Waals surface area (Å²) in [5.74, 6) is 0.895. The molecule has 0 aliphatic carbocycles. The number of aromatic nitrogens is 2. The number of rotatable bonds is 2. The van der Waals surface area contributed by atoms with Gasteiger partial charge in [0.25, 0.3) is 0 Å². The van der Waals surface area contributed by atoms with Crippen molar-refractivity contribution in [3.8, 4) is 0 Å². The van der Waals surface area contributed by atoms with Gasteiger partial charge in [-0.05, 0) is 25.5 Å². The van der Waals surface area contributed by atoms with Crippen molar-refractivity contribution in [2.45, 2.75) is 25.9 Å². The van der Waals surface area contributed by atoms with Gasteiger partial charge in [-0.3, -0.25) is 0 Å². The summed E-state index contributed by atoms with van der Waals surface area (Å²) >= 11 is 0. The predicted molar refractivity (Wildman–Crippen MR) is 71.7 cm³/mol. The first-order chi connectivity index (χ1) is 8.61. The lowest BCUT2D eigenvalue weighted by molar-refractivity contribution is 0.00799. The quantitative estimate of drug-likeness (QED) is 0.875.